The molecule has 0 heterocycles. The number of hydrogen-bond acceptors (Lipinski definition) is 0. The first-order valence-corrected chi connectivity index (χ1v) is 8.48. The van der Waals surface area contributed by atoms with Gasteiger partial charge in [0.15, 0.2) is 0 Å². The molecule has 0 fully saturated rings. The Morgan fingerprint density at radius 1 is 1.08 bits per heavy atom. The minimum atomic E-state index is 0.221. The normalized spacial score (nSPS) is 12.1. The molecule has 0 aromatic rings. The molecule has 0 aromatic carbocycles. The summed E-state index contributed by atoms with van der Waals surface area (Å²) in [6.45, 7) is 6.86. The summed E-state index contributed by atoms with van der Waals surface area (Å²) in [7, 11) is 0. The summed E-state index contributed by atoms with van der Waals surface area (Å²) in [4.78, 5) is 0. The maximum atomic E-state index is 2.53. The van der Waals surface area contributed by atoms with Crippen molar-refractivity contribution >= 4 is 20.9 Å². The van der Waals surface area contributed by atoms with Crippen molar-refractivity contribution in [3.8, 4) is 0 Å². The van der Waals surface area contributed by atoms with E-state index in [1.165, 1.54) is 43.0 Å². The van der Waals surface area contributed by atoms with Crippen LogP contribution in [-0.2, 0) is 0 Å². The molecular weight excluding hydrogens is 272 g/mol. The molecule has 13 heavy (non-hydrogen) atoms. The van der Waals surface area contributed by atoms with Crippen LogP contribution in [0.5, 0.6) is 0 Å². The van der Waals surface area contributed by atoms with Crippen molar-refractivity contribution in [2.45, 2.75) is 63.8 Å². The number of hydrogen-bond donors (Lipinski definition) is 0. The molecular formula is C12H24Te. The molecule has 0 unspecified atom stereocenters. The van der Waals surface area contributed by atoms with Gasteiger partial charge < -0.3 is 0 Å². The van der Waals surface area contributed by atoms with Crippen molar-refractivity contribution in [2.24, 2.45) is 0 Å². The fourth-order valence-corrected chi connectivity index (χ4v) is 4.78. The van der Waals surface area contributed by atoms with Gasteiger partial charge in [-0.15, -0.1) is 0 Å². The van der Waals surface area contributed by atoms with Crippen molar-refractivity contribution in [3.63, 3.8) is 0 Å². The Hall–Kier alpha value is 0.530. The van der Waals surface area contributed by atoms with Crippen LogP contribution in [0.25, 0.3) is 0 Å². The van der Waals surface area contributed by atoms with Crippen molar-refractivity contribution in [3.05, 3.63) is 9.70 Å². The summed E-state index contributed by atoms with van der Waals surface area (Å²) >= 11 is 0.221. The maximum absolute atomic E-state index is 2.53. The Kier molecular flexibility index (Phi) is 11.0. The van der Waals surface area contributed by atoms with E-state index in [2.05, 4.69) is 26.8 Å². The zero-order valence-electron chi connectivity index (χ0n) is 9.44. The van der Waals surface area contributed by atoms with Gasteiger partial charge in [0.25, 0.3) is 0 Å². The number of allylic oxidation sites excluding steroid dienone is 2. The van der Waals surface area contributed by atoms with Crippen LogP contribution < -0.4 is 0 Å². The Balaban J connectivity index is 3.65. The van der Waals surface area contributed by atoms with Crippen LogP contribution in [0.2, 0.25) is 4.47 Å². The molecule has 0 radical (unpaired) electrons. The number of unbranched alkanes of at least 4 members (excludes halogenated alkanes) is 2. The molecule has 0 atom stereocenters. The van der Waals surface area contributed by atoms with Crippen LogP contribution in [0.15, 0.2) is 9.70 Å². The van der Waals surface area contributed by atoms with Gasteiger partial charge in [-0.05, 0) is 0 Å². The zero-order valence-corrected chi connectivity index (χ0v) is 11.8. The summed E-state index contributed by atoms with van der Waals surface area (Å²) in [5, 5.41) is 0. The molecule has 0 spiro atoms. The molecule has 0 N–H and O–H groups in total. The van der Waals surface area contributed by atoms with E-state index in [4.69, 9.17) is 0 Å². The Morgan fingerprint density at radius 2 is 1.85 bits per heavy atom. The van der Waals surface area contributed by atoms with E-state index in [9.17, 15) is 0 Å². The van der Waals surface area contributed by atoms with Crippen LogP contribution in [0.4, 0.5) is 0 Å². The molecule has 0 bridgehead atoms. The van der Waals surface area contributed by atoms with E-state index in [-0.39, 0.29) is 20.9 Å². The predicted octanol–water partition coefficient (Wildman–Crippen LogP) is 4.39. The van der Waals surface area contributed by atoms with Crippen molar-refractivity contribution < 1.29 is 0 Å². The Morgan fingerprint density at radius 3 is 2.38 bits per heavy atom. The third kappa shape index (κ3) is 8.85. The van der Waals surface area contributed by atoms with Crippen LogP contribution in [0.1, 0.15) is 59.3 Å². The minimum absolute atomic E-state index is 0.221. The van der Waals surface area contributed by atoms with Gasteiger partial charge in [-0.1, -0.05) is 0 Å². The van der Waals surface area contributed by atoms with Crippen LogP contribution in [0.3, 0.4) is 0 Å². The first-order chi connectivity index (χ1) is 6.35. The van der Waals surface area contributed by atoms with Gasteiger partial charge in [0, 0.05) is 0 Å². The molecule has 1 heteroatoms. The number of rotatable bonds is 8. The second-order valence-electron chi connectivity index (χ2n) is 3.41. The van der Waals surface area contributed by atoms with Crippen LogP contribution >= 0.6 is 0 Å². The van der Waals surface area contributed by atoms with Gasteiger partial charge in [-0.3, -0.25) is 0 Å². The molecule has 78 valence electrons. The first-order valence-electron chi connectivity index (χ1n) is 5.66. The second-order valence-corrected chi connectivity index (χ2v) is 6.90. The summed E-state index contributed by atoms with van der Waals surface area (Å²) in [6.07, 6.45) is 10.7. The fraction of sp³-hybridized carbons (Fsp3) is 0.833. The van der Waals surface area contributed by atoms with Crippen LogP contribution in [-0.4, -0.2) is 20.9 Å². The molecule has 0 rings (SSSR count). The molecule has 0 amide bonds. The van der Waals surface area contributed by atoms with Crippen molar-refractivity contribution in [1.29, 1.82) is 0 Å². The standard InChI is InChI=1S/C12H24Te/c1-4-7-10-12(9-6-3)13-11-8-5-2/h10H,4-9,11H2,1-3H3/b12-10+. The third-order valence-corrected chi connectivity index (χ3v) is 5.47. The van der Waals surface area contributed by atoms with Gasteiger partial charge in [-0.25, -0.2) is 0 Å². The van der Waals surface area contributed by atoms with Crippen molar-refractivity contribution in [2.75, 3.05) is 0 Å². The van der Waals surface area contributed by atoms with Gasteiger partial charge in [0.05, 0.1) is 0 Å². The molecule has 0 nitrogen and oxygen atoms in total. The fourth-order valence-electron chi connectivity index (χ4n) is 1.13. The molecule has 0 saturated carbocycles. The molecule has 0 saturated heterocycles. The van der Waals surface area contributed by atoms with Gasteiger partial charge in [0.2, 0.25) is 0 Å². The average Bonchev–Trinajstić information content (AvgIpc) is 2.14. The molecule has 0 aliphatic carbocycles. The van der Waals surface area contributed by atoms with E-state index < -0.39 is 0 Å². The summed E-state index contributed by atoms with van der Waals surface area (Å²) in [5.41, 5.74) is 0. The van der Waals surface area contributed by atoms with E-state index >= 15 is 0 Å². The average molecular weight is 296 g/mol. The summed E-state index contributed by atoms with van der Waals surface area (Å²) < 4.78 is 3.36. The van der Waals surface area contributed by atoms with E-state index in [1.807, 2.05) is 3.62 Å². The van der Waals surface area contributed by atoms with Gasteiger partial charge in [-0.2, -0.15) is 0 Å². The molecule has 0 aliphatic heterocycles. The Bertz CT molecular complexity index is 127. The zero-order chi connectivity index (χ0) is 9.94. The molecule has 0 aliphatic rings. The topological polar surface area (TPSA) is 0 Å². The SMILES string of the molecule is CCC/C=C(\CCC)[Te]CCCC. The van der Waals surface area contributed by atoms with Gasteiger partial charge >= 0.3 is 94.4 Å². The van der Waals surface area contributed by atoms with Crippen LogP contribution in [0, 0.1) is 0 Å². The summed E-state index contributed by atoms with van der Waals surface area (Å²) in [6, 6.07) is 0. The van der Waals surface area contributed by atoms with Gasteiger partial charge in [0.1, 0.15) is 0 Å². The second kappa shape index (κ2) is 10.6. The van der Waals surface area contributed by atoms with Crippen molar-refractivity contribution in [1.82, 2.24) is 0 Å². The molecule has 0 aromatic heterocycles. The third-order valence-electron chi connectivity index (χ3n) is 1.94. The van der Waals surface area contributed by atoms with E-state index in [0.29, 0.717) is 0 Å². The predicted molar refractivity (Wildman–Crippen MR) is 63.4 cm³/mol. The first kappa shape index (κ1) is 13.5. The quantitative estimate of drug-likeness (QED) is 0.460. The van der Waals surface area contributed by atoms with E-state index in [0.717, 1.165) is 0 Å². The Labute approximate surface area is 94.3 Å². The summed E-state index contributed by atoms with van der Waals surface area (Å²) in [5.74, 6) is 0. The monoisotopic (exact) mass is 298 g/mol. The van der Waals surface area contributed by atoms with E-state index in [1.54, 1.807) is 0 Å².